The van der Waals surface area contributed by atoms with Crippen LogP contribution in [0.2, 0.25) is 0 Å². The topological polar surface area (TPSA) is 64.4 Å². The molecular weight excluding hydrogens is 256 g/mol. The number of nitrogens with zero attached hydrogens (tertiary/aromatic N) is 1. The lowest BCUT2D eigenvalue weighted by atomic mass is 10.1. The molecule has 0 spiro atoms. The fourth-order valence-corrected chi connectivity index (χ4v) is 1.95. The summed E-state index contributed by atoms with van der Waals surface area (Å²) in [5, 5.41) is 14.0. The lowest BCUT2D eigenvalue weighted by molar-refractivity contribution is -0.385. The van der Waals surface area contributed by atoms with E-state index in [1.807, 2.05) is 32.2 Å². The molecule has 0 unspecified atom stereocenters. The minimum atomic E-state index is -0.444. The second kappa shape index (κ2) is 6.16. The van der Waals surface area contributed by atoms with Gasteiger partial charge in [-0.25, -0.2) is 0 Å². The van der Waals surface area contributed by atoms with Gasteiger partial charge in [0.1, 0.15) is 5.75 Å². The standard InChI is InChI=1S/C15H16N2O3/c1-11-9-12(10-16-2)7-8-14(11)20-15-6-4-3-5-13(15)17(18)19/h3-9,16H,10H2,1-2H3. The Bertz CT molecular complexity index is 626. The second-order valence-corrected chi connectivity index (χ2v) is 4.46. The van der Waals surface area contributed by atoms with Crippen LogP contribution in [0.3, 0.4) is 0 Å². The van der Waals surface area contributed by atoms with Gasteiger partial charge in [-0.2, -0.15) is 0 Å². The number of nitrogens with one attached hydrogen (secondary N) is 1. The second-order valence-electron chi connectivity index (χ2n) is 4.46. The van der Waals surface area contributed by atoms with Crippen molar-refractivity contribution in [1.29, 1.82) is 0 Å². The minimum Gasteiger partial charge on any atom is -0.450 e. The summed E-state index contributed by atoms with van der Waals surface area (Å²) in [4.78, 5) is 10.5. The van der Waals surface area contributed by atoms with Crippen LogP contribution in [0, 0.1) is 17.0 Å². The normalized spacial score (nSPS) is 10.3. The van der Waals surface area contributed by atoms with Crippen LogP contribution in [0.1, 0.15) is 11.1 Å². The van der Waals surface area contributed by atoms with Crippen LogP contribution in [-0.2, 0) is 6.54 Å². The first-order valence-electron chi connectivity index (χ1n) is 6.27. The van der Waals surface area contributed by atoms with Gasteiger partial charge in [0, 0.05) is 12.6 Å². The Hall–Kier alpha value is -2.40. The van der Waals surface area contributed by atoms with Crippen LogP contribution >= 0.6 is 0 Å². The monoisotopic (exact) mass is 272 g/mol. The van der Waals surface area contributed by atoms with Gasteiger partial charge in [-0.3, -0.25) is 10.1 Å². The van der Waals surface area contributed by atoms with Crippen molar-refractivity contribution < 1.29 is 9.66 Å². The third kappa shape index (κ3) is 3.13. The molecule has 0 amide bonds. The molecule has 0 bridgehead atoms. The number of hydrogen-bond acceptors (Lipinski definition) is 4. The van der Waals surface area contributed by atoms with E-state index in [4.69, 9.17) is 4.74 Å². The molecule has 0 aliphatic rings. The van der Waals surface area contributed by atoms with Crippen LogP contribution in [0.15, 0.2) is 42.5 Å². The summed E-state index contributed by atoms with van der Waals surface area (Å²) in [6.45, 7) is 2.69. The molecule has 2 rings (SSSR count). The summed E-state index contributed by atoms with van der Waals surface area (Å²) in [6, 6.07) is 12.1. The Morgan fingerprint density at radius 1 is 1.20 bits per heavy atom. The first-order valence-corrected chi connectivity index (χ1v) is 6.27. The predicted molar refractivity (Wildman–Crippen MR) is 77.1 cm³/mol. The highest BCUT2D eigenvalue weighted by molar-refractivity contribution is 5.49. The molecule has 0 saturated carbocycles. The van der Waals surface area contributed by atoms with Crippen LogP contribution < -0.4 is 10.1 Å². The molecule has 1 N–H and O–H groups in total. The highest BCUT2D eigenvalue weighted by Gasteiger charge is 2.15. The fourth-order valence-electron chi connectivity index (χ4n) is 1.95. The number of benzene rings is 2. The lowest BCUT2D eigenvalue weighted by Crippen LogP contribution is -2.05. The first-order chi connectivity index (χ1) is 9.61. The number of para-hydroxylation sites is 2. The highest BCUT2D eigenvalue weighted by Crippen LogP contribution is 2.32. The Morgan fingerprint density at radius 2 is 1.95 bits per heavy atom. The van der Waals surface area contributed by atoms with E-state index >= 15 is 0 Å². The van der Waals surface area contributed by atoms with Gasteiger partial charge >= 0.3 is 5.69 Å². The third-order valence-corrected chi connectivity index (χ3v) is 2.90. The molecule has 104 valence electrons. The van der Waals surface area contributed by atoms with E-state index in [1.165, 1.54) is 6.07 Å². The number of hydrogen-bond donors (Lipinski definition) is 1. The summed E-state index contributed by atoms with van der Waals surface area (Å²) in [5.74, 6) is 0.876. The Labute approximate surface area is 117 Å². The number of ether oxygens (including phenoxy) is 1. The van der Waals surface area contributed by atoms with Gasteiger partial charge in [0.2, 0.25) is 5.75 Å². The third-order valence-electron chi connectivity index (χ3n) is 2.90. The van der Waals surface area contributed by atoms with Gasteiger partial charge in [0.25, 0.3) is 0 Å². The number of nitro groups is 1. The van der Waals surface area contributed by atoms with E-state index in [1.54, 1.807) is 18.2 Å². The maximum Gasteiger partial charge on any atom is 0.311 e. The number of rotatable bonds is 5. The Kier molecular flexibility index (Phi) is 4.32. The van der Waals surface area contributed by atoms with Gasteiger partial charge in [0.05, 0.1) is 4.92 Å². The van der Waals surface area contributed by atoms with Crippen molar-refractivity contribution in [2.45, 2.75) is 13.5 Å². The molecular formula is C15H16N2O3. The molecule has 0 aromatic heterocycles. The van der Waals surface area contributed by atoms with Gasteiger partial charge in [-0.05, 0) is 37.2 Å². The highest BCUT2D eigenvalue weighted by atomic mass is 16.6. The van der Waals surface area contributed by atoms with E-state index < -0.39 is 4.92 Å². The molecule has 5 heteroatoms. The van der Waals surface area contributed by atoms with E-state index in [9.17, 15) is 10.1 Å². The minimum absolute atomic E-state index is 0.0359. The van der Waals surface area contributed by atoms with Crippen molar-refractivity contribution in [2.24, 2.45) is 0 Å². The van der Waals surface area contributed by atoms with Gasteiger partial charge in [-0.15, -0.1) is 0 Å². The van der Waals surface area contributed by atoms with E-state index in [2.05, 4.69) is 5.32 Å². The van der Waals surface area contributed by atoms with Gasteiger partial charge in [0.15, 0.2) is 0 Å². The molecule has 5 nitrogen and oxygen atoms in total. The molecule has 0 fully saturated rings. The largest absolute Gasteiger partial charge is 0.450 e. The summed E-state index contributed by atoms with van der Waals surface area (Å²) in [7, 11) is 1.88. The number of aryl methyl sites for hydroxylation is 1. The molecule has 0 heterocycles. The maximum atomic E-state index is 11.0. The van der Waals surface area contributed by atoms with Crippen molar-refractivity contribution in [3.05, 3.63) is 63.7 Å². The van der Waals surface area contributed by atoms with Gasteiger partial charge < -0.3 is 10.1 Å². The van der Waals surface area contributed by atoms with Crippen molar-refractivity contribution in [3.8, 4) is 11.5 Å². The average Bonchev–Trinajstić information content (AvgIpc) is 2.42. The Balaban J connectivity index is 2.29. The van der Waals surface area contributed by atoms with Crippen molar-refractivity contribution >= 4 is 5.69 Å². The van der Waals surface area contributed by atoms with Crippen molar-refractivity contribution in [2.75, 3.05) is 7.05 Å². The zero-order chi connectivity index (χ0) is 14.5. The first kappa shape index (κ1) is 14.0. The van der Waals surface area contributed by atoms with Crippen LogP contribution in [0.4, 0.5) is 5.69 Å². The fraction of sp³-hybridized carbons (Fsp3) is 0.200. The summed E-state index contributed by atoms with van der Waals surface area (Å²) in [5.41, 5.74) is 2.04. The van der Waals surface area contributed by atoms with Gasteiger partial charge in [-0.1, -0.05) is 24.3 Å². The smallest absolute Gasteiger partial charge is 0.311 e. The number of nitro benzene ring substituents is 1. The molecule has 2 aromatic carbocycles. The summed E-state index contributed by atoms with van der Waals surface area (Å²) < 4.78 is 5.67. The van der Waals surface area contributed by atoms with E-state index in [-0.39, 0.29) is 11.4 Å². The van der Waals surface area contributed by atoms with E-state index in [0.29, 0.717) is 5.75 Å². The quantitative estimate of drug-likeness (QED) is 0.669. The Morgan fingerprint density at radius 3 is 2.60 bits per heavy atom. The molecule has 0 aliphatic carbocycles. The van der Waals surface area contributed by atoms with Crippen LogP contribution in [-0.4, -0.2) is 12.0 Å². The molecule has 0 saturated heterocycles. The molecule has 20 heavy (non-hydrogen) atoms. The van der Waals surface area contributed by atoms with Crippen molar-refractivity contribution in [3.63, 3.8) is 0 Å². The SMILES string of the molecule is CNCc1ccc(Oc2ccccc2[N+](=O)[O-])c(C)c1. The maximum absolute atomic E-state index is 11.0. The lowest BCUT2D eigenvalue weighted by Gasteiger charge is -2.10. The van der Waals surface area contributed by atoms with Crippen molar-refractivity contribution in [1.82, 2.24) is 5.32 Å². The van der Waals surface area contributed by atoms with Crippen LogP contribution in [0.5, 0.6) is 11.5 Å². The molecule has 0 atom stereocenters. The van der Waals surface area contributed by atoms with E-state index in [0.717, 1.165) is 17.7 Å². The summed E-state index contributed by atoms with van der Waals surface area (Å²) >= 11 is 0. The zero-order valence-electron chi connectivity index (χ0n) is 11.4. The predicted octanol–water partition coefficient (Wildman–Crippen LogP) is 3.41. The molecule has 2 aromatic rings. The zero-order valence-corrected chi connectivity index (χ0v) is 11.4. The molecule has 0 radical (unpaired) electrons. The average molecular weight is 272 g/mol. The summed E-state index contributed by atoms with van der Waals surface area (Å²) in [6.07, 6.45) is 0. The van der Waals surface area contributed by atoms with Crippen LogP contribution in [0.25, 0.3) is 0 Å². The molecule has 0 aliphatic heterocycles.